The number of fused-ring (bicyclic) bond motifs is 1. The molecule has 11 heteroatoms. The SMILES string of the molecule is NC(=O)Cn1nc(OC2O[C@H](CO)[C@@H](O)[C@H](O)[C@H]2O)c2c(CCc3ccc(O)cc3)cccc21. The molecule has 1 unspecified atom stereocenters. The topological polar surface area (TPSA) is 181 Å². The summed E-state index contributed by atoms with van der Waals surface area (Å²) in [7, 11) is 0. The van der Waals surface area contributed by atoms with Crippen molar-refractivity contribution in [2.75, 3.05) is 6.61 Å². The van der Waals surface area contributed by atoms with Crippen LogP contribution in [0.4, 0.5) is 0 Å². The van der Waals surface area contributed by atoms with E-state index in [2.05, 4.69) is 5.10 Å². The molecule has 7 N–H and O–H groups in total. The van der Waals surface area contributed by atoms with E-state index in [9.17, 15) is 30.3 Å². The number of aliphatic hydroxyl groups is 4. The molecule has 0 radical (unpaired) electrons. The van der Waals surface area contributed by atoms with Crippen molar-refractivity contribution in [1.29, 1.82) is 0 Å². The number of nitrogens with two attached hydrogens (primary N) is 1. The van der Waals surface area contributed by atoms with Crippen molar-refractivity contribution in [2.24, 2.45) is 5.73 Å². The highest BCUT2D eigenvalue weighted by atomic mass is 16.7. The van der Waals surface area contributed by atoms with Crippen molar-refractivity contribution in [3.05, 3.63) is 53.6 Å². The minimum Gasteiger partial charge on any atom is -0.508 e. The van der Waals surface area contributed by atoms with Crippen molar-refractivity contribution in [3.8, 4) is 11.6 Å². The highest BCUT2D eigenvalue weighted by Crippen LogP contribution is 2.32. The summed E-state index contributed by atoms with van der Waals surface area (Å²) in [5.41, 5.74) is 7.77. The predicted octanol–water partition coefficient (Wildman–Crippen LogP) is -0.809. The van der Waals surface area contributed by atoms with Gasteiger partial charge in [-0.2, -0.15) is 0 Å². The number of aromatic nitrogens is 2. The normalized spacial score (nSPS) is 24.9. The minimum atomic E-state index is -1.61. The second-order valence-electron chi connectivity index (χ2n) is 8.22. The van der Waals surface area contributed by atoms with Crippen molar-refractivity contribution in [3.63, 3.8) is 0 Å². The third-order valence-electron chi connectivity index (χ3n) is 5.83. The highest BCUT2D eigenvalue weighted by Gasteiger charge is 2.45. The van der Waals surface area contributed by atoms with E-state index in [0.29, 0.717) is 23.7 Å². The standard InChI is InChI=1S/C23H27N3O8/c24-17(29)10-26-15-3-1-2-13(7-4-12-5-8-14(28)9-6-12)18(15)22(25-26)34-23-21(32)20(31)19(30)16(11-27)33-23/h1-3,5-6,8-9,16,19-21,23,27-28,30-32H,4,7,10-11H2,(H2,24,29)/t16-,19-,20+,21-,23?/m1/s1. The molecule has 1 amide bonds. The van der Waals surface area contributed by atoms with Crippen molar-refractivity contribution < 1.29 is 39.8 Å². The van der Waals surface area contributed by atoms with Crippen LogP contribution in [-0.4, -0.2) is 78.5 Å². The van der Waals surface area contributed by atoms with Gasteiger partial charge < -0.3 is 40.7 Å². The Bertz CT molecular complexity index is 1150. The number of benzene rings is 2. The largest absolute Gasteiger partial charge is 0.508 e. The number of nitrogens with zero attached hydrogens (tertiary/aromatic N) is 2. The number of ether oxygens (including phenoxy) is 2. The van der Waals surface area contributed by atoms with E-state index in [0.717, 1.165) is 11.1 Å². The lowest BCUT2D eigenvalue weighted by atomic mass is 9.99. The number of aliphatic hydroxyl groups excluding tert-OH is 4. The molecular formula is C23H27N3O8. The number of phenolic OH excluding ortho intramolecular Hbond substituents is 1. The van der Waals surface area contributed by atoms with Crippen LogP contribution >= 0.6 is 0 Å². The molecular weight excluding hydrogens is 446 g/mol. The number of rotatable bonds is 8. The molecule has 34 heavy (non-hydrogen) atoms. The molecule has 0 spiro atoms. The van der Waals surface area contributed by atoms with E-state index < -0.39 is 43.2 Å². The summed E-state index contributed by atoms with van der Waals surface area (Å²) in [5.74, 6) is -0.394. The van der Waals surface area contributed by atoms with Crippen LogP contribution in [0.25, 0.3) is 10.9 Å². The third-order valence-corrected chi connectivity index (χ3v) is 5.83. The molecule has 1 aliphatic rings. The second-order valence-corrected chi connectivity index (χ2v) is 8.22. The van der Waals surface area contributed by atoms with Crippen LogP contribution in [0.15, 0.2) is 42.5 Å². The molecule has 3 aromatic rings. The molecule has 5 atom stereocenters. The Labute approximate surface area is 194 Å². The molecule has 1 aliphatic heterocycles. The molecule has 182 valence electrons. The van der Waals surface area contributed by atoms with Crippen molar-refractivity contribution >= 4 is 16.8 Å². The van der Waals surface area contributed by atoms with Gasteiger partial charge in [0.25, 0.3) is 0 Å². The lowest BCUT2D eigenvalue weighted by Gasteiger charge is -2.39. The number of primary amides is 1. The smallest absolute Gasteiger partial charge is 0.243 e. The summed E-state index contributed by atoms with van der Waals surface area (Å²) in [4.78, 5) is 11.6. The molecule has 1 aromatic heterocycles. The summed E-state index contributed by atoms with van der Waals surface area (Å²) in [6.45, 7) is -0.810. The number of aryl methyl sites for hydroxylation is 2. The third kappa shape index (κ3) is 4.83. The summed E-state index contributed by atoms with van der Waals surface area (Å²) in [5, 5.41) is 54.3. The van der Waals surface area contributed by atoms with Gasteiger partial charge in [-0.05, 0) is 42.2 Å². The van der Waals surface area contributed by atoms with Crippen molar-refractivity contribution in [2.45, 2.75) is 50.1 Å². The molecule has 2 heterocycles. The van der Waals surface area contributed by atoms with Crippen LogP contribution in [0.1, 0.15) is 11.1 Å². The van der Waals surface area contributed by atoms with Crippen LogP contribution in [0.5, 0.6) is 11.6 Å². The van der Waals surface area contributed by atoms with Gasteiger partial charge in [-0.25, -0.2) is 0 Å². The number of amides is 1. The van der Waals surface area contributed by atoms with Crippen LogP contribution in [0.2, 0.25) is 0 Å². The molecule has 0 bridgehead atoms. The Morgan fingerprint density at radius 2 is 1.79 bits per heavy atom. The quantitative estimate of drug-likeness (QED) is 0.244. The van der Waals surface area contributed by atoms with Gasteiger partial charge in [0.05, 0.1) is 17.5 Å². The Kier molecular flexibility index (Phi) is 7.00. The zero-order chi connectivity index (χ0) is 24.4. The first kappa shape index (κ1) is 23.9. The average Bonchev–Trinajstić information content (AvgIpc) is 3.16. The van der Waals surface area contributed by atoms with E-state index in [-0.39, 0.29) is 18.2 Å². The molecule has 1 saturated heterocycles. The molecule has 4 rings (SSSR count). The van der Waals surface area contributed by atoms with Gasteiger partial charge in [0, 0.05) is 0 Å². The van der Waals surface area contributed by atoms with Crippen LogP contribution in [0, 0.1) is 0 Å². The number of hydrogen-bond donors (Lipinski definition) is 6. The van der Waals surface area contributed by atoms with Gasteiger partial charge in [-0.1, -0.05) is 24.3 Å². The number of carbonyl (C=O) groups is 1. The maximum Gasteiger partial charge on any atom is 0.243 e. The Balaban J connectivity index is 1.68. The lowest BCUT2D eigenvalue weighted by molar-refractivity contribution is -0.278. The lowest BCUT2D eigenvalue weighted by Crippen LogP contribution is -2.60. The molecule has 0 saturated carbocycles. The highest BCUT2D eigenvalue weighted by molar-refractivity contribution is 5.89. The maximum atomic E-state index is 11.6. The molecule has 0 aliphatic carbocycles. The molecule has 2 aromatic carbocycles. The average molecular weight is 473 g/mol. The molecule has 1 fully saturated rings. The van der Waals surface area contributed by atoms with Gasteiger partial charge in [-0.3, -0.25) is 9.48 Å². The number of phenols is 1. The second kappa shape index (κ2) is 9.95. The molecule has 11 nitrogen and oxygen atoms in total. The summed E-state index contributed by atoms with van der Waals surface area (Å²) in [6.07, 6.45) is -6.11. The first-order valence-corrected chi connectivity index (χ1v) is 10.8. The maximum absolute atomic E-state index is 11.6. The predicted molar refractivity (Wildman–Crippen MR) is 119 cm³/mol. The Hall–Kier alpha value is -3.22. The van der Waals surface area contributed by atoms with E-state index in [4.69, 9.17) is 15.2 Å². The van der Waals surface area contributed by atoms with Gasteiger partial charge >= 0.3 is 0 Å². The minimum absolute atomic E-state index is 0.0434. The fourth-order valence-corrected chi connectivity index (χ4v) is 4.04. The number of aromatic hydroxyl groups is 1. The fraction of sp³-hybridized carbons (Fsp3) is 0.391. The van der Waals surface area contributed by atoms with E-state index in [1.54, 1.807) is 18.2 Å². The van der Waals surface area contributed by atoms with Gasteiger partial charge in [0.2, 0.25) is 18.1 Å². The van der Waals surface area contributed by atoms with Crippen LogP contribution in [0.3, 0.4) is 0 Å². The number of hydrogen-bond acceptors (Lipinski definition) is 9. The Morgan fingerprint density at radius 1 is 1.06 bits per heavy atom. The van der Waals surface area contributed by atoms with E-state index in [1.165, 1.54) is 4.68 Å². The number of carbonyl (C=O) groups excluding carboxylic acids is 1. The van der Waals surface area contributed by atoms with E-state index >= 15 is 0 Å². The first-order chi connectivity index (χ1) is 16.3. The van der Waals surface area contributed by atoms with Crippen LogP contribution < -0.4 is 10.5 Å². The summed E-state index contributed by atoms with van der Waals surface area (Å²) < 4.78 is 12.7. The fourth-order valence-electron chi connectivity index (χ4n) is 4.04. The van der Waals surface area contributed by atoms with Crippen molar-refractivity contribution in [1.82, 2.24) is 9.78 Å². The van der Waals surface area contributed by atoms with E-state index in [1.807, 2.05) is 24.3 Å². The zero-order valence-electron chi connectivity index (χ0n) is 18.2. The summed E-state index contributed by atoms with van der Waals surface area (Å²) >= 11 is 0. The monoisotopic (exact) mass is 473 g/mol. The van der Waals surface area contributed by atoms with Gasteiger partial charge in [0.1, 0.15) is 36.7 Å². The summed E-state index contributed by atoms with van der Waals surface area (Å²) in [6, 6.07) is 12.3. The van der Waals surface area contributed by atoms with Crippen LogP contribution in [-0.2, 0) is 28.9 Å². The van der Waals surface area contributed by atoms with Gasteiger partial charge in [0.15, 0.2) is 0 Å². The zero-order valence-corrected chi connectivity index (χ0v) is 18.2. The Morgan fingerprint density at radius 3 is 2.47 bits per heavy atom. The first-order valence-electron chi connectivity index (χ1n) is 10.8. The van der Waals surface area contributed by atoms with Gasteiger partial charge in [-0.15, -0.1) is 5.10 Å².